The molecule has 0 radical (unpaired) electrons. The predicted octanol–water partition coefficient (Wildman–Crippen LogP) is -3.27. The first-order valence-electron chi connectivity index (χ1n) is 9.61. The molecular formula is C18H38O11. The monoisotopic (exact) mass is 430 g/mol. The molecule has 0 aliphatic heterocycles. The summed E-state index contributed by atoms with van der Waals surface area (Å²) in [6.45, 7) is 0.306. The molecule has 4 atom stereocenters. The lowest BCUT2D eigenvalue weighted by atomic mass is 9.92. The van der Waals surface area contributed by atoms with Crippen molar-refractivity contribution in [2.45, 2.75) is 25.2 Å². The Hall–Kier alpha value is -0.440. The molecule has 0 heterocycles. The summed E-state index contributed by atoms with van der Waals surface area (Å²) in [5.74, 6) is -0.0981. The first kappa shape index (κ1) is 28.6. The van der Waals surface area contributed by atoms with Gasteiger partial charge in [0.1, 0.15) is 18.3 Å². The van der Waals surface area contributed by atoms with Crippen LogP contribution in [0.15, 0.2) is 0 Å². The van der Waals surface area contributed by atoms with Crippen LogP contribution in [0.3, 0.4) is 0 Å². The van der Waals surface area contributed by atoms with Crippen molar-refractivity contribution in [2.24, 2.45) is 11.3 Å². The number of hydrogen-bond acceptors (Lipinski definition) is 11. The van der Waals surface area contributed by atoms with Gasteiger partial charge in [-0.1, -0.05) is 6.92 Å². The van der Waals surface area contributed by atoms with E-state index in [4.69, 9.17) is 39.4 Å². The number of hydrogen-bond donors (Lipinski definition) is 7. The highest BCUT2D eigenvalue weighted by molar-refractivity contribution is 4.80. The molecule has 7 N–H and O–H groups in total. The zero-order valence-corrected chi connectivity index (χ0v) is 17.1. The van der Waals surface area contributed by atoms with Crippen LogP contribution in [0, 0.1) is 11.3 Å². The Morgan fingerprint density at radius 2 is 0.862 bits per heavy atom. The third-order valence-electron chi connectivity index (χ3n) is 3.91. The van der Waals surface area contributed by atoms with Crippen LogP contribution in [0.4, 0.5) is 0 Å². The van der Waals surface area contributed by atoms with Crippen molar-refractivity contribution in [3.05, 3.63) is 0 Å². The average molecular weight is 430 g/mol. The van der Waals surface area contributed by atoms with E-state index in [1.165, 1.54) is 0 Å². The lowest BCUT2D eigenvalue weighted by molar-refractivity contribution is -0.133. The van der Waals surface area contributed by atoms with Crippen molar-refractivity contribution >= 4 is 0 Å². The molecule has 0 aliphatic carbocycles. The maximum atomic E-state index is 9.48. The Kier molecular flexibility index (Phi) is 17.0. The SMILES string of the molecule is CC(CO)COCC(COCC(O)CO)(COCC(O)CO)COCC(O)CO. The van der Waals surface area contributed by atoms with Crippen LogP contribution >= 0.6 is 0 Å². The molecule has 29 heavy (non-hydrogen) atoms. The Labute approximate surface area is 171 Å². The van der Waals surface area contributed by atoms with Crippen molar-refractivity contribution < 1.29 is 54.7 Å². The predicted molar refractivity (Wildman–Crippen MR) is 101 cm³/mol. The molecule has 11 heteroatoms. The quantitative estimate of drug-likeness (QED) is 0.103. The van der Waals surface area contributed by atoms with Gasteiger partial charge in [-0.2, -0.15) is 0 Å². The van der Waals surface area contributed by atoms with Gasteiger partial charge in [-0.3, -0.25) is 0 Å². The Bertz CT molecular complexity index is 302. The zero-order valence-electron chi connectivity index (χ0n) is 17.1. The van der Waals surface area contributed by atoms with Crippen LogP contribution in [0.25, 0.3) is 0 Å². The van der Waals surface area contributed by atoms with Crippen molar-refractivity contribution in [3.8, 4) is 0 Å². The van der Waals surface area contributed by atoms with Crippen LogP contribution in [0.1, 0.15) is 6.92 Å². The summed E-state index contributed by atoms with van der Waals surface area (Å²) in [6.07, 6.45) is -3.17. The normalized spacial score (nSPS) is 18.2. The fourth-order valence-corrected chi connectivity index (χ4v) is 2.17. The molecule has 4 unspecified atom stereocenters. The lowest BCUT2D eigenvalue weighted by Gasteiger charge is -2.34. The molecule has 0 aromatic heterocycles. The molecule has 0 amide bonds. The van der Waals surface area contributed by atoms with Gasteiger partial charge in [0.05, 0.1) is 78.1 Å². The Morgan fingerprint density at radius 3 is 1.14 bits per heavy atom. The van der Waals surface area contributed by atoms with E-state index in [9.17, 15) is 15.3 Å². The number of ether oxygens (including phenoxy) is 4. The van der Waals surface area contributed by atoms with Crippen molar-refractivity contribution in [1.82, 2.24) is 0 Å². The fraction of sp³-hybridized carbons (Fsp3) is 1.00. The minimum atomic E-state index is -1.06. The molecule has 0 aromatic carbocycles. The molecule has 0 aliphatic rings. The van der Waals surface area contributed by atoms with E-state index < -0.39 is 43.5 Å². The van der Waals surface area contributed by atoms with Crippen LogP contribution in [0.5, 0.6) is 0 Å². The van der Waals surface area contributed by atoms with Crippen molar-refractivity contribution in [3.63, 3.8) is 0 Å². The van der Waals surface area contributed by atoms with Gasteiger partial charge in [-0.25, -0.2) is 0 Å². The van der Waals surface area contributed by atoms with Crippen LogP contribution in [-0.4, -0.2) is 133 Å². The summed E-state index contributed by atoms with van der Waals surface area (Å²) in [4.78, 5) is 0. The fourth-order valence-electron chi connectivity index (χ4n) is 2.17. The van der Waals surface area contributed by atoms with Crippen molar-refractivity contribution in [2.75, 3.05) is 79.3 Å². The molecular weight excluding hydrogens is 392 g/mol. The van der Waals surface area contributed by atoms with E-state index in [-0.39, 0.29) is 65.4 Å². The van der Waals surface area contributed by atoms with Gasteiger partial charge in [0, 0.05) is 12.5 Å². The largest absolute Gasteiger partial charge is 0.396 e. The van der Waals surface area contributed by atoms with E-state index in [0.29, 0.717) is 0 Å². The van der Waals surface area contributed by atoms with E-state index in [2.05, 4.69) is 0 Å². The Morgan fingerprint density at radius 1 is 0.552 bits per heavy atom. The zero-order chi connectivity index (χ0) is 22.1. The first-order valence-corrected chi connectivity index (χ1v) is 9.61. The number of rotatable bonds is 20. The summed E-state index contributed by atoms with van der Waals surface area (Å²) in [5, 5.41) is 64.3. The van der Waals surface area contributed by atoms with Gasteiger partial charge in [0.2, 0.25) is 0 Å². The van der Waals surface area contributed by atoms with E-state index in [1.54, 1.807) is 6.92 Å². The summed E-state index contributed by atoms with van der Waals surface area (Å²) < 4.78 is 22.1. The van der Waals surface area contributed by atoms with E-state index in [0.717, 1.165) is 0 Å². The van der Waals surface area contributed by atoms with Crippen LogP contribution < -0.4 is 0 Å². The maximum absolute atomic E-state index is 9.48. The highest BCUT2D eigenvalue weighted by atomic mass is 16.5. The van der Waals surface area contributed by atoms with Gasteiger partial charge in [0.15, 0.2) is 0 Å². The Balaban J connectivity index is 5.05. The van der Waals surface area contributed by atoms with E-state index in [1.807, 2.05) is 0 Å². The second-order valence-electron chi connectivity index (χ2n) is 7.36. The van der Waals surface area contributed by atoms with E-state index >= 15 is 0 Å². The third kappa shape index (κ3) is 14.2. The average Bonchev–Trinajstić information content (AvgIpc) is 2.72. The molecule has 0 aromatic rings. The molecule has 176 valence electrons. The smallest absolute Gasteiger partial charge is 0.100 e. The van der Waals surface area contributed by atoms with Crippen LogP contribution in [0.2, 0.25) is 0 Å². The molecule has 0 spiro atoms. The summed E-state index contributed by atoms with van der Waals surface area (Å²) >= 11 is 0. The van der Waals surface area contributed by atoms with Gasteiger partial charge < -0.3 is 54.7 Å². The minimum absolute atomic E-state index is 0.00199. The van der Waals surface area contributed by atoms with Gasteiger partial charge >= 0.3 is 0 Å². The first-order chi connectivity index (χ1) is 13.8. The minimum Gasteiger partial charge on any atom is -0.396 e. The summed E-state index contributed by atoms with van der Waals surface area (Å²) in [5.41, 5.74) is -0.908. The molecule has 0 saturated carbocycles. The summed E-state index contributed by atoms with van der Waals surface area (Å²) in [7, 11) is 0. The van der Waals surface area contributed by atoms with Gasteiger partial charge in [-0.05, 0) is 0 Å². The van der Waals surface area contributed by atoms with Crippen molar-refractivity contribution in [1.29, 1.82) is 0 Å². The van der Waals surface area contributed by atoms with Crippen LogP contribution in [-0.2, 0) is 18.9 Å². The van der Waals surface area contributed by atoms with Gasteiger partial charge in [0.25, 0.3) is 0 Å². The number of aliphatic hydroxyl groups is 7. The highest BCUT2D eigenvalue weighted by Gasteiger charge is 2.33. The standard InChI is InChI=1S/C18H38O11/c1-14(2-19)6-26-10-18(11-27-7-15(23)3-20,12-28-8-16(24)4-21)13-29-9-17(25)5-22/h14-17,19-25H,2-13H2,1H3. The highest BCUT2D eigenvalue weighted by Crippen LogP contribution is 2.22. The number of aliphatic hydroxyl groups excluding tert-OH is 7. The molecule has 0 saturated heterocycles. The lowest BCUT2D eigenvalue weighted by Crippen LogP contribution is -2.44. The summed E-state index contributed by atoms with van der Waals surface area (Å²) in [6, 6.07) is 0. The van der Waals surface area contributed by atoms with Gasteiger partial charge in [-0.15, -0.1) is 0 Å². The topological polar surface area (TPSA) is 179 Å². The third-order valence-corrected chi connectivity index (χ3v) is 3.91. The second-order valence-corrected chi connectivity index (χ2v) is 7.36. The molecule has 0 rings (SSSR count). The molecule has 11 nitrogen and oxygen atoms in total. The molecule has 0 fully saturated rings. The maximum Gasteiger partial charge on any atom is 0.100 e. The molecule has 0 bridgehead atoms. The second kappa shape index (κ2) is 17.3.